The van der Waals surface area contributed by atoms with Crippen molar-refractivity contribution in [2.45, 2.75) is 18.1 Å². The van der Waals surface area contributed by atoms with Gasteiger partial charge >= 0.3 is 0 Å². The summed E-state index contributed by atoms with van der Waals surface area (Å²) in [6.07, 6.45) is 6.01. The second-order valence-corrected chi connectivity index (χ2v) is 8.74. The van der Waals surface area contributed by atoms with Crippen LogP contribution < -0.4 is 5.32 Å². The predicted molar refractivity (Wildman–Crippen MR) is 117 cm³/mol. The molecule has 6 rings (SSSR count). The summed E-state index contributed by atoms with van der Waals surface area (Å²) in [6.45, 7) is 0.970. The number of H-pyrrole nitrogens is 1. The van der Waals surface area contributed by atoms with E-state index >= 15 is 0 Å². The van der Waals surface area contributed by atoms with Crippen molar-refractivity contribution >= 4 is 28.4 Å². The number of fused-ring (bicyclic) bond motifs is 2. The molecule has 2 aromatic carbocycles. The summed E-state index contributed by atoms with van der Waals surface area (Å²) in [5.74, 6) is -2.24. The molecule has 0 unspecified atom stereocenters. The minimum absolute atomic E-state index is 0.0784. The van der Waals surface area contributed by atoms with Gasteiger partial charge in [0.2, 0.25) is 11.8 Å². The molecule has 1 spiro atoms. The number of rotatable bonds is 5. The molecule has 32 heavy (non-hydrogen) atoms. The molecule has 0 radical (unpaired) electrons. The molecule has 0 saturated carbocycles. The number of likely N-dealkylation sites (tertiary alicyclic amines) is 1. The first-order valence-corrected chi connectivity index (χ1v) is 10.8. The number of halogens is 1. The summed E-state index contributed by atoms with van der Waals surface area (Å²) >= 11 is 0. The molecule has 0 aliphatic carbocycles. The fourth-order valence-corrected chi connectivity index (χ4v) is 5.44. The maximum Gasteiger partial charge on any atom is 0.231 e. The van der Waals surface area contributed by atoms with Crippen molar-refractivity contribution in [3.8, 4) is 0 Å². The van der Waals surface area contributed by atoms with E-state index in [1.807, 2.05) is 36.5 Å². The van der Waals surface area contributed by atoms with Gasteiger partial charge in [0.1, 0.15) is 11.4 Å². The number of aromatic amines is 1. The van der Waals surface area contributed by atoms with Gasteiger partial charge in [0.25, 0.3) is 0 Å². The topological polar surface area (TPSA) is 74.4 Å². The fraction of sp³-hybridized carbons (Fsp3) is 0.280. The molecule has 3 aliphatic heterocycles. The highest BCUT2D eigenvalue weighted by molar-refractivity contribution is 5.99. The average Bonchev–Trinajstić information content (AvgIpc) is 3.54. The molecule has 4 atom stereocenters. The van der Waals surface area contributed by atoms with Gasteiger partial charge in [-0.2, -0.15) is 0 Å². The van der Waals surface area contributed by atoms with Crippen LogP contribution in [0.4, 0.5) is 10.1 Å². The zero-order valence-corrected chi connectivity index (χ0v) is 17.3. The van der Waals surface area contributed by atoms with E-state index in [2.05, 4.69) is 16.4 Å². The third-order valence-electron chi connectivity index (χ3n) is 6.94. The van der Waals surface area contributed by atoms with Crippen molar-refractivity contribution in [1.29, 1.82) is 0 Å². The Balaban J connectivity index is 1.21. The molecule has 162 valence electrons. The molecule has 2 N–H and O–H groups in total. The van der Waals surface area contributed by atoms with Crippen LogP contribution in [0.5, 0.6) is 0 Å². The monoisotopic (exact) mass is 431 g/mol. The standard InChI is InChI=1S/C25H22FN3O3/c26-17-6-2-4-8-19(17)28-23(30)21-20-9-11-25(32-20)14-29(24(31)22(21)25)12-10-15-13-27-18-7-3-1-5-16(15)18/h1-9,11,13,20-22,27H,10,12,14H2,(H,28,30)/t20-,21+,22+,25-/m0/s1. The summed E-state index contributed by atoms with van der Waals surface area (Å²) in [4.78, 5) is 31.5. The van der Waals surface area contributed by atoms with Crippen LogP contribution >= 0.6 is 0 Å². The minimum atomic E-state index is -0.779. The number of para-hydroxylation sites is 2. The van der Waals surface area contributed by atoms with Crippen molar-refractivity contribution in [3.05, 3.63) is 78.3 Å². The van der Waals surface area contributed by atoms with Gasteiger partial charge in [-0.25, -0.2) is 4.39 Å². The molecule has 3 aliphatic rings. The number of nitrogens with one attached hydrogen (secondary N) is 2. The Morgan fingerprint density at radius 1 is 1.22 bits per heavy atom. The first-order valence-electron chi connectivity index (χ1n) is 10.8. The van der Waals surface area contributed by atoms with Crippen molar-refractivity contribution in [2.24, 2.45) is 11.8 Å². The minimum Gasteiger partial charge on any atom is -0.361 e. The van der Waals surface area contributed by atoms with Gasteiger partial charge in [0, 0.05) is 23.6 Å². The highest BCUT2D eigenvalue weighted by atomic mass is 19.1. The Morgan fingerprint density at radius 3 is 2.91 bits per heavy atom. The Hall–Kier alpha value is -3.45. The molecule has 4 heterocycles. The highest BCUT2D eigenvalue weighted by Crippen LogP contribution is 2.52. The lowest BCUT2D eigenvalue weighted by atomic mass is 9.77. The van der Waals surface area contributed by atoms with Crippen LogP contribution in [0.15, 0.2) is 66.9 Å². The maximum atomic E-state index is 14.0. The van der Waals surface area contributed by atoms with Gasteiger partial charge in [-0.1, -0.05) is 42.5 Å². The number of hydrogen-bond acceptors (Lipinski definition) is 3. The quantitative estimate of drug-likeness (QED) is 0.609. The van der Waals surface area contributed by atoms with Crippen molar-refractivity contribution < 1.29 is 18.7 Å². The van der Waals surface area contributed by atoms with Crippen LogP contribution in [-0.2, 0) is 20.7 Å². The zero-order valence-electron chi connectivity index (χ0n) is 17.3. The number of ether oxygens (including phenoxy) is 1. The molecule has 2 fully saturated rings. The van der Waals surface area contributed by atoms with Crippen molar-refractivity contribution in [1.82, 2.24) is 9.88 Å². The molecule has 3 aromatic rings. The number of carbonyl (C=O) groups excluding carboxylic acids is 2. The lowest BCUT2D eigenvalue weighted by Crippen LogP contribution is -2.41. The zero-order chi connectivity index (χ0) is 21.9. The normalized spacial score (nSPS) is 28.0. The van der Waals surface area contributed by atoms with Crippen molar-refractivity contribution in [2.75, 3.05) is 18.4 Å². The summed E-state index contributed by atoms with van der Waals surface area (Å²) in [6, 6.07) is 14.1. The number of anilines is 1. The summed E-state index contributed by atoms with van der Waals surface area (Å²) in [7, 11) is 0. The van der Waals surface area contributed by atoms with E-state index in [1.165, 1.54) is 12.1 Å². The van der Waals surface area contributed by atoms with Gasteiger partial charge in [-0.3, -0.25) is 9.59 Å². The third kappa shape index (κ3) is 2.81. The van der Waals surface area contributed by atoms with Crippen LogP contribution in [0.1, 0.15) is 5.56 Å². The van der Waals surface area contributed by atoms with E-state index in [1.54, 1.807) is 17.0 Å². The Kier molecular flexibility index (Phi) is 4.23. The van der Waals surface area contributed by atoms with E-state index in [-0.39, 0.29) is 17.5 Å². The van der Waals surface area contributed by atoms with E-state index in [0.717, 1.165) is 16.5 Å². The van der Waals surface area contributed by atoms with E-state index in [4.69, 9.17) is 4.74 Å². The first kappa shape index (κ1) is 19.3. The molecule has 2 bridgehead atoms. The fourth-order valence-electron chi connectivity index (χ4n) is 5.44. The van der Waals surface area contributed by atoms with Crippen molar-refractivity contribution in [3.63, 3.8) is 0 Å². The third-order valence-corrected chi connectivity index (χ3v) is 6.94. The smallest absolute Gasteiger partial charge is 0.231 e. The Bertz CT molecular complexity index is 1270. The number of benzene rings is 2. The predicted octanol–water partition coefficient (Wildman–Crippen LogP) is 3.27. The molecule has 1 aromatic heterocycles. The van der Waals surface area contributed by atoms with Crippen LogP contribution in [0, 0.1) is 17.7 Å². The second kappa shape index (κ2) is 7.03. The van der Waals surface area contributed by atoms with Crippen LogP contribution in [0.3, 0.4) is 0 Å². The first-order chi connectivity index (χ1) is 15.6. The van der Waals surface area contributed by atoms with Crippen LogP contribution in [-0.4, -0.2) is 46.5 Å². The molecule has 6 nitrogen and oxygen atoms in total. The number of nitrogens with zero attached hydrogens (tertiary/aromatic N) is 1. The summed E-state index contributed by atoms with van der Waals surface area (Å²) in [5, 5.41) is 3.80. The number of carbonyl (C=O) groups is 2. The summed E-state index contributed by atoms with van der Waals surface area (Å²) < 4.78 is 20.2. The van der Waals surface area contributed by atoms with Gasteiger partial charge in [-0.15, -0.1) is 0 Å². The number of aromatic nitrogens is 1. The van der Waals surface area contributed by atoms with Gasteiger partial charge in [-0.05, 0) is 30.2 Å². The summed E-state index contributed by atoms with van der Waals surface area (Å²) in [5.41, 5.74) is 1.55. The SMILES string of the molecule is O=C(Nc1ccccc1F)[C@@H]1[C@@H]2C=C[C@@]3(CN(CCc4c[nH]c5ccccc45)C(=O)[C@@H]13)O2. The van der Waals surface area contributed by atoms with E-state index in [0.29, 0.717) is 19.5 Å². The number of hydrogen-bond donors (Lipinski definition) is 2. The lowest BCUT2D eigenvalue weighted by molar-refractivity contribution is -0.135. The van der Waals surface area contributed by atoms with E-state index in [9.17, 15) is 14.0 Å². The van der Waals surface area contributed by atoms with Gasteiger partial charge < -0.3 is 19.9 Å². The second-order valence-electron chi connectivity index (χ2n) is 8.74. The van der Waals surface area contributed by atoms with Crippen LogP contribution in [0.25, 0.3) is 10.9 Å². The molecule has 7 heteroatoms. The molecular formula is C25H22FN3O3. The maximum absolute atomic E-state index is 14.0. The van der Waals surface area contributed by atoms with Crippen LogP contribution in [0.2, 0.25) is 0 Å². The molecular weight excluding hydrogens is 409 g/mol. The number of amides is 2. The van der Waals surface area contributed by atoms with Gasteiger partial charge in [0.05, 0.1) is 30.2 Å². The van der Waals surface area contributed by atoms with E-state index < -0.39 is 29.4 Å². The highest BCUT2D eigenvalue weighted by Gasteiger charge is 2.66. The lowest BCUT2D eigenvalue weighted by Gasteiger charge is -2.23. The Morgan fingerprint density at radius 2 is 2.03 bits per heavy atom. The largest absolute Gasteiger partial charge is 0.361 e. The molecule has 2 saturated heterocycles. The van der Waals surface area contributed by atoms with Gasteiger partial charge in [0.15, 0.2) is 0 Å². The molecule has 2 amide bonds. The Labute approximate surface area is 184 Å². The average molecular weight is 431 g/mol.